The lowest BCUT2D eigenvalue weighted by Crippen LogP contribution is -2.43. The van der Waals surface area contributed by atoms with Gasteiger partial charge in [0.2, 0.25) is 10.0 Å². The zero-order valence-electron chi connectivity index (χ0n) is 12.2. The van der Waals surface area contributed by atoms with Gasteiger partial charge in [-0.3, -0.25) is 0 Å². The smallest absolute Gasteiger partial charge is 0.215 e. The van der Waals surface area contributed by atoms with Crippen LogP contribution in [0.1, 0.15) is 58.8 Å². The van der Waals surface area contributed by atoms with E-state index in [1.165, 1.54) is 38.5 Å². The molecule has 5 heteroatoms. The molecular formula is C14H28N2O2S. The Balaban J connectivity index is 1.81. The molecule has 0 radical (unpaired) electrons. The van der Waals surface area contributed by atoms with Gasteiger partial charge in [-0.15, -0.1) is 0 Å². The van der Waals surface area contributed by atoms with Gasteiger partial charge >= 0.3 is 0 Å². The van der Waals surface area contributed by atoms with Crippen molar-refractivity contribution in [2.24, 2.45) is 5.41 Å². The van der Waals surface area contributed by atoms with Crippen LogP contribution in [0, 0.1) is 5.41 Å². The van der Waals surface area contributed by atoms with E-state index in [1.54, 1.807) is 6.92 Å². The molecule has 112 valence electrons. The van der Waals surface area contributed by atoms with Crippen molar-refractivity contribution in [1.82, 2.24) is 10.0 Å². The molecule has 4 nitrogen and oxygen atoms in total. The molecule has 0 spiro atoms. The molecule has 2 saturated carbocycles. The summed E-state index contributed by atoms with van der Waals surface area (Å²) in [6.45, 7) is 5.17. The molecule has 0 aliphatic heterocycles. The fourth-order valence-electron chi connectivity index (χ4n) is 2.91. The number of rotatable bonds is 8. The molecule has 0 bridgehead atoms. The lowest BCUT2D eigenvalue weighted by atomic mass is 9.84. The molecule has 2 fully saturated rings. The number of hydrogen-bond donors (Lipinski definition) is 2. The summed E-state index contributed by atoms with van der Waals surface area (Å²) in [7, 11) is -3.18. The van der Waals surface area contributed by atoms with E-state index in [2.05, 4.69) is 17.0 Å². The predicted octanol–water partition coefficient (Wildman–Crippen LogP) is 2.02. The highest BCUT2D eigenvalue weighted by atomic mass is 32.2. The van der Waals surface area contributed by atoms with Crippen LogP contribution in [0.2, 0.25) is 0 Å². The van der Waals surface area contributed by atoms with Gasteiger partial charge in [-0.1, -0.05) is 19.8 Å². The Kier molecular flexibility index (Phi) is 4.90. The second-order valence-electron chi connectivity index (χ2n) is 6.42. The minimum Gasteiger partial charge on any atom is -0.313 e. The molecule has 2 rings (SSSR count). The lowest BCUT2D eigenvalue weighted by molar-refractivity contribution is 0.285. The molecule has 1 unspecified atom stereocenters. The van der Waals surface area contributed by atoms with E-state index in [0.717, 1.165) is 6.42 Å². The first-order chi connectivity index (χ1) is 8.97. The Morgan fingerprint density at radius 2 is 1.89 bits per heavy atom. The highest BCUT2D eigenvalue weighted by Gasteiger charge is 2.34. The Bertz CT molecular complexity index is 384. The van der Waals surface area contributed by atoms with Crippen LogP contribution in [-0.2, 0) is 10.0 Å². The van der Waals surface area contributed by atoms with Gasteiger partial charge in [0.25, 0.3) is 0 Å². The molecule has 0 amide bonds. The lowest BCUT2D eigenvalue weighted by Gasteiger charge is -2.28. The van der Waals surface area contributed by atoms with Crippen molar-refractivity contribution in [3.63, 3.8) is 0 Å². The molecule has 2 aliphatic carbocycles. The summed E-state index contributed by atoms with van der Waals surface area (Å²) in [6.07, 6.45) is 8.28. The van der Waals surface area contributed by atoms with Gasteiger partial charge in [0.1, 0.15) is 0 Å². The van der Waals surface area contributed by atoms with E-state index in [1.807, 2.05) is 0 Å². The van der Waals surface area contributed by atoms with Gasteiger partial charge in [-0.25, -0.2) is 13.1 Å². The summed E-state index contributed by atoms with van der Waals surface area (Å²) in [5.74, 6) is 0. The molecule has 0 aromatic rings. The Morgan fingerprint density at radius 1 is 1.26 bits per heavy atom. The van der Waals surface area contributed by atoms with E-state index in [9.17, 15) is 8.42 Å². The Labute approximate surface area is 117 Å². The summed E-state index contributed by atoms with van der Waals surface area (Å²) in [5, 5.41) is 2.95. The van der Waals surface area contributed by atoms with E-state index in [-0.39, 0.29) is 10.7 Å². The third-order valence-corrected chi connectivity index (χ3v) is 6.64. The summed E-state index contributed by atoms with van der Waals surface area (Å²) in [4.78, 5) is 0. The Morgan fingerprint density at radius 3 is 2.42 bits per heavy atom. The quantitative estimate of drug-likeness (QED) is 0.718. The first kappa shape index (κ1) is 15.3. The van der Waals surface area contributed by atoms with Gasteiger partial charge in [0.05, 0.1) is 5.25 Å². The average molecular weight is 288 g/mol. The van der Waals surface area contributed by atoms with Crippen molar-refractivity contribution >= 4 is 10.0 Å². The predicted molar refractivity (Wildman–Crippen MR) is 78.6 cm³/mol. The molecule has 2 N–H and O–H groups in total. The largest absolute Gasteiger partial charge is 0.313 e. The second-order valence-corrected chi connectivity index (χ2v) is 8.60. The van der Waals surface area contributed by atoms with Gasteiger partial charge in [-0.2, -0.15) is 0 Å². The van der Waals surface area contributed by atoms with Crippen LogP contribution in [0.3, 0.4) is 0 Å². The molecule has 0 heterocycles. The normalized spacial score (nSPS) is 24.5. The minimum absolute atomic E-state index is 0.219. The van der Waals surface area contributed by atoms with Crippen LogP contribution in [0.4, 0.5) is 0 Å². The van der Waals surface area contributed by atoms with Crippen molar-refractivity contribution in [2.75, 3.05) is 13.1 Å². The highest BCUT2D eigenvalue weighted by Crippen LogP contribution is 2.40. The van der Waals surface area contributed by atoms with Crippen molar-refractivity contribution in [3.8, 4) is 0 Å². The summed E-state index contributed by atoms with van der Waals surface area (Å²) >= 11 is 0. The number of hydrogen-bond acceptors (Lipinski definition) is 3. The third-order valence-electron chi connectivity index (χ3n) is 4.86. The van der Waals surface area contributed by atoms with Crippen LogP contribution in [0.25, 0.3) is 0 Å². The van der Waals surface area contributed by atoms with E-state index >= 15 is 0 Å². The van der Waals surface area contributed by atoms with E-state index in [4.69, 9.17) is 0 Å². The maximum Gasteiger partial charge on any atom is 0.215 e. The topological polar surface area (TPSA) is 58.2 Å². The summed E-state index contributed by atoms with van der Waals surface area (Å²) in [5.41, 5.74) is 0.219. The molecule has 19 heavy (non-hydrogen) atoms. The fourth-order valence-corrected chi connectivity index (χ4v) is 4.01. The van der Waals surface area contributed by atoms with Gasteiger partial charge in [0, 0.05) is 19.1 Å². The fraction of sp³-hybridized carbons (Fsp3) is 1.00. The second kappa shape index (κ2) is 6.10. The monoisotopic (exact) mass is 288 g/mol. The van der Waals surface area contributed by atoms with Crippen molar-refractivity contribution in [3.05, 3.63) is 0 Å². The number of nitrogens with one attached hydrogen (secondary N) is 2. The molecule has 0 aromatic heterocycles. The first-order valence-corrected chi connectivity index (χ1v) is 9.24. The molecule has 1 atom stereocenters. The van der Waals surface area contributed by atoms with Crippen molar-refractivity contribution in [2.45, 2.75) is 70.1 Å². The zero-order chi connectivity index (χ0) is 13.9. The van der Waals surface area contributed by atoms with E-state index < -0.39 is 10.0 Å². The van der Waals surface area contributed by atoms with Crippen LogP contribution in [-0.4, -0.2) is 32.8 Å². The van der Waals surface area contributed by atoms with Crippen molar-refractivity contribution < 1.29 is 8.42 Å². The van der Waals surface area contributed by atoms with Crippen LogP contribution in [0.15, 0.2) is 0 Å². The maximum absolute atomic E-state index is 12.2. The van der Waals surface area contributed by atoms with E-state index in [0.29, 0.717) is 19.1 Å². The zero-order valence-corrected chi connectivity index (χ0v) is 13.1. The molecule has 2 aliphatic rings. The van der Waals surface area contributed by atoms with Crippen LogP contribution in [0.5, 0.6) is 0 Å². The molecule has 0 saturated heterocycles. The van der Waals surface area contributed by atoms with Gasteiger partial charge in [-0.05, 0) is 44.4 Å². The SMILES string of the molecule is CCC1(CNS(=O)(=O)C(C)CNC2CC2)CCCC1. The summed E-state index contributed by atoms with van der Waals surface area (Å²) < 4.78 is 27.3. The summed E-state index contributed by atoms with van der Waals surface area (Å²) in [6, 6.07) is 0.564. The average Bonchev–Trinajstić information content (AvgIpc) is 3.10. The van der Waals surface area contributed by atoms with Crippen molar-refractivity contribution in [1.29, 1.82) is 0 Å². The first-order valence-electron chi connectivity index (χ1n) is 7.69. The van der Waals surface area contributed by atoms with Gasteiger partial charge < -0.3 is 5.32 Å². The third kappa shape index (κ3) is 4.17. The minimum atomic E-state index is -3.18. The molecular weight excluding hydrogens is 260 g/mol. The molecule has 0 aromatic carbocycles. The van der Waals surface area contributed by atoms with Gasteiger partial charge in [0.15, 0.2) is 0 Å². The van der Waals surface area contributed by atoms with Crippen LogP contribution >= 0.6 is 0 Å². The number of sulfonamides is 1. The highest BCUT2D eigenvalue weighted by molar-refractivity contribution is 7.90. The standard InChI is InChI=1S/C14H28N2O2S/c1-3-14(8-4-5-9-14)11-16-19(17,18)12(2)10-15-13-6-7-13/h12-13,15-16H,3-11H2,1-2H3. The van der Waals surface area contributed by atoms with Crippen LogP contribution < -0.4 is 10.0 Å². The Hall–Kier alpha value is -0.130. The maximum atomic E-state index is 12.2.